The molecule has 1 amide bonds. The molecular formula is C16H25Cl2IN4O. The first-order valence-electron chi connectivity index (χ1n) is 7.52. The van der Waals surface area contributed by atoms with E-state index >= 15 is 0 Å². The van der Waals surface area contributed by atoms with Gasteiger partial charge < -0.3 is 15.5 Å². The Labute approximate surface area is 171 Å². The van der Waals surface area contributed by atoms with E-state index in [0.29, 0.717) is 22.5 Å². The molecule has 0 saturated carbocycles. The Morgan fingerprint density at radius 2 is 2.00 bits per heavy atom. The van der Waals surface area contributed by atoms with E-state index in [9.17, 15) is 4.79 Å². The summed E-state index contributed by atoms with van der Waals surface area (Å²) in [5.74, 6) is 0.564. The van der Waals surface area contributed by atoms with Crippen LogP contribution in [-0.2, 0) is 11.3 Å². The Kier molecular flexibility index (Phi) is 11.4. The molecule has 1 rings (SSSR count). The fraction of sp³-hybridized carbons (Fsp3) is 0.500. The maximum Gasteiger partial charge on any atom is 0.241 e. The van der Waals surface area contributed by atoms with E-state index in [1.165, 1.54) is 4.90 Å². The maximum atomic E-state index is 11.7. The Morgan fingerprint density at radius 1 is 1.33 bits per heavy atom. The third-order valence-corrected chi connectivity index (χ3v) is 3.91. The summed E-state index contributed by atoms with van der Waals surface area (Å²) in [6.45, 7) is 4.72. The number of hydrogen-bond acceptors (Lipinski definition) is 2. The molecule has 0 radical (unpaired) electrons. The van der Waals surface area contributed by atoms with Crippen LogP contribution in [0.5, 0.6) is 0 Å². The van der Waals surface area contributed by atoms with Gasteiger partial charge >= 0.3 is 0 Å². The summed E-state index contributed by atoms with van der Waals surface area (Å²) in [6.07, 6.45) is 0.948. The quantitative estimate of drug-likeness (QED) is 0.367. The van der Waals surface area contributed by atoms with Crippen LogP contribution < -0.4 is 10.6 Å². The third-order valence-electron chi connectivity index (χ3n) is 3.32. The van der Waals surface area contributed by atoms with Crippen LogP contribution in [0, 0.1) is 0 Å². The number of likely N-dealkylation sites (N-methyl/N-ethyl adjacent to an activating group) is 1. The number of aliphatic imine (C=N–C) groups is 1. The minimum atomic E-state index is -0.0202. The highest BCUT2D eigenvalue weighted by atomic mass is 127. The molecular weight excluding hydrogens is 462 g/mol. The number of benzene rings is 1. The van der Waals surface area contributed by atoms with E-state index in [0.717, 1.165) is 12.0 Å². The minimum Gasteiger partial charge on any atom is -0.354 e. The van der Waals surface area contributed by atoms with Crippen LogP contribution in [0.4, 0.5) is 0 Å². The molecule has 2 N–H and O–H groups in total. The van der Waals surface area contributed by atoms with Crippen molar-refractivity contribution < 1.29 is 4.79 Å². The Balaban J connectivity index is 0.00000529. The van der Waals surface area contributed by atoms with Gasteiger partial charge in [0.15, 0.2) is 5.96 Å². The van der Waals surface area contributed by atoms with Crippen molar-refractivity contribution in [2.24, 2.45) is 4.99 Å². The number of halogens is 3. The molecule has 0 spiro atoms. The van der Waals surface area contributed by atoms with E-state index in [1.54, 1.807) is 26.2 Å². The maximum absolute atomic E-state index is 11.7. The molecule has 0 aliphatic carbocycles. The second-order valence-electron chi connectivity index (χ2n) is 5.50. The van der Waals surface area contributed by atoms with Gasteiger partial charge in [-0.05, 0) is 31.0 Å². The van der Waals surface area contributed by atoms with Crippen molar-refractivity contribution in [1.29, 1.82) is 0 Å². The van der Waals surface area contributed by atoms with E-state index in [4.69, 9.17) is 23.2 Å². The van der Waals surface area contributed by atoms with E-state index < -0.39 is 0 Å². The van der Waals surface area contributed by atoms with E-state index in [1.807, 2.05) is 6.07 Å². The molecule has 0 aliphatic heterocycles. The average Bonchev–Trinajstić information content (AvgIpc) is 2.50. The molecule has 136 valence electrons. The number of guanidine groups is 1. The van der Waals surface area contributed by atoms with Gasteiger partial charge in [0.25, 0.3) is 0 Å². The first-order valence-corrected chi connectivity index (χ1v) is 8.28. The zero-order valence-electron chi connectivity index (χ0n) is 14.4. The summed E-state index contributed by atoms with van der Waals surface area (Å²) in [4.78, 5) is 17.7. The molecule has 0 saturated heterocycles. The van der Waals surface area contributed by atoms with Gasteiger partial charge in [-0.2, -0.15) is 0 Å². The van der Waals surface area contributed by atoms with Crippen LogP contribution >= 0.6 is 47.2 Å². The molecule has 5 nitrogen and oxygen atoms in total. The Bertz CT molecular complexity index is 567. The van der Waals surface area contributed by atoms with Crippen LogP contribution in [0.2, 0.25) is 10.0 Å². The number of nitrogens with zero attached hydrogens (tertiary/aromatic N) is 2. The van der Waals surface area contributed by atoms with Gasteiger partial charge in [0.05, 0.1) is 13.1 Å². The summed E-state index contributed by atoms with van der Waals surface area (Å²) >= 11 is 12.1. The molecule has 8 heteroatoms. The summed E-state index contributed by atoms with van der Waals surface area (Å²) in [5.41, 5.74) is 0.875. The Morgan fingerprint density at radius 3 is 2.54 bits per heavy atom. The van der Waals surface area contributed by atoms with Crippen molar-refractivity contribution >= 4 is 59.0 Å². The number of hydrogen-bond donors (Lipinski definition) is 2. The highest BCUT2D eigenvalue weighted by Crippen LogP contribution is 2.21. The van der Waals surface area contributed by atoms with Crippen molar-refractivity contribution in [2.75, 3.05) is 20.6 Å². The van der Waals surface area contributed by atoms with E-state index in [2.05, 4.69) is 29.5 Å². The summed E-state index contributed by atoms with van der Waals surface area (Å²) < 4.78 is 0. The van der Waals surface area contributed by atoms with Crippen LogP contribution in [0.3, 0.4) is 0 Å². The van der Waals surface area contributed by atoms with Gasteiger partial charge in [0.1, 0.15) is 0 Å². The lowest BCUT2D eigenvalue weighted by molar-refractivity contribution is -0.127. The first kappa shape index (κ1) is 23.3. The summed E-state index contributed by atoms with van der Waals surface area (Å²) in [5, 5.41) is 7.48. The van der Waals surface area contributed by atoms with Crippen LogP contribution in [0.15, 0.2) is 23.2 Å². The molecule has 1 atom stereocenters. The second-order valence-corrected chi connectivity index (χ2v) is 6.34. The van der Waals surface area contributed by atoms with Gasteiger partial charge in [-0.25, -0.2) is 4.99 Å². The van der Waals surface area contributed by atoms with Crippen LogP contribution in [-0.4, -0.2) is 43.4 Å². The SMILES string of the molecule is CCC(C)NC(=NCc1ccc(Cl)cc1Cl)NCC(=O)N(C)C.I. The smallest absolute Gasteiger partial charge is 0.241 e. The number of amides is 1. The van der Waals surface area contributed by atoms with Gasteiger partial charge in [-0.3, -0.25) is 4.79 Å². The highest BCUT2D eigenvalue weighted by molar-refractivity contribution is 14.0. The lowest BCUT2D eigenvalue weighted by Crippen LogP contribution is -2.45. The van der Waals surface area contributed by atoms with Crippen molar-refractivity contribution in [3.63, 3.8) is 0 Å². The third kappa shape index (κ3) is 8.39. The van der Waals surface area contributed by atoms with Gasteiger partial charge in [0.2, 0.25) is 5.91 Å². The van der Waals surface area contributed by atoms with Gasteiger partial charge in [0, 0.05) is 30.2 Å². The van der Waals surface area contributed by atoms with Gasteiger partial charge in [-0.1, -0.05) is 36.2 Å². The predicted octanol–water partition coefficient (Wildman–Crippen LogP) is 3.53. The fourth-order valence-corrected chi connectivity index (χ4v) is 2.09. The molecule has 0 bridgehead atoms. The normalized spacial score (nSPS) is 12.2. The van der Waals surface area contributed by atoms with Gasteiger partial charge in [-0.15, -0.1) is 24.0 Å². The molecule has 0 aromatic heterocycles. The molecule has 0 heterocycles. The lowest BCUT2D eigenvalue weighted by atomic mass is 10.2. The Hall–Kier alpha value is -0.730. The standard InChI is InChI=1S/C16H24Cl2N4O.HI/c1-5-11(2)21-16(20-10-15(23)22(3)4)19-9-12-6-7-13(17)8-14(12)18;/h6-8,11H,5,9-10H2,1-4H3,(H2,19,20,21);1H. The van der Waals surface area contributed by atoms with Crippen molar-refractivity contribution in [2.45, 2.75) is 32.9 Å². The van der Waals surface area contributed by atoms with E-state index in [-0.39, 0.29) is 42.5 Å². The predicted molar refractivity (Wildman–Crippen MR) is 113 cm³/mol. The molecule has 0 aliphatic rings. The molecule has 1 aromatic rings. The average molecular weight is 487 g/mol. The zero-order valence-corrected chi connectivity index (χ0v) is 18.2. The number of carbonyl (C=O) groups excluding carboxylic acids is 1. The zero-order chi connectivity index (χ0) is 17.4. The summed E-state index contributed by atoms with van der Waals surface area (Å²) in [7, 11) is 3.44. The lowest BCUT2D eigenvalue weighted by Gasteiger charge is -2.18. The largest absolute Gasteiger partial charge is 0.354 e. The molecule has 1 unspecified atom stereocenters. The van der Waals surface area contributed by atoms with Crippen LogP contribution in [0.25, 0.3) is 0 Å². The summed E-state index contributed by atoms with van der Waals surface area (Å²) in [6, 6.07) is 5.57. The second kappa shape index (κ2) is 11.8. The molecule has 1 aromatic carbocycles. The molecule has 24 heavy (non-hydrogen) atoms. The fourth-order valence-electron chi connectivity index (χ4n) is 1.62. The van der Waals surface area contributed by atoms with Crippen molar-refractivity contribution in [3.8, 4) is 0 Å². The monoisotopic (exact) mass is 486 g/mol. The van der Waals surface area contributed by atoms with Crippen molar-refractivity contribution in [3.05, 3.63) is 33.8 Å². The minimum absolute atomic E-state index is 0. The number of rotatable bonds is 6. The highest BCUT2D eigenvalue weighted by Gasteiger charge is 2.08. The van der Waals surface area contributed by atoms with Crippen LogP contribution in [0.1, 0.15) is 25.8 Å². The first-order chi connectivity index (χ1) is 10.8. The molecule has 0 fully saturated rings. The van der Waals surface area contributed by atoms with Crippen molar-refractivity contribution in [1.82, 2.24) is 15.5 Å². The number of carbonyl (C=O) groups is 1. The number of nitrogens with one attached hydrogen (secondary N) is 2. The topological polar surface area (TPSA) is 56.7 Å².